The molecule has 2 aliphatic carbocycles. The molecule has 1 aliphatic heterocycles. The van der Waals surface area contributed by atoms with E-state index in [0.717, 1.165) is 6.42 Å². The first kappa shape index (κ1) is 15.5. The van der Waals surface area contributed by atoms with Crippen molar-refractivity contribution in [2.45, 2.75) is 65.3 Å². The largest absolute Gasteiger partial charge is 0.353 e. The van der Waals surface area contributed by atoms with E-state index in [2.05, 4.69) is 26.1 Å². The van der Waals surface area contributed by atoms with E-state index in [1.807, 2.05) is 0 Å². The first-order valence-corrected chi connectivity index (χ1v) is 8.38. The Kier molecular flexibility index (Phi) is 3.57. The van der Waals surface area contributed by atoms with Gasteiger partial charge in [-0.15, -0.1) is 0 Å². The van der Waals surface area contributed by atoms with Crippen molar-refractivity contribution in [3.8, 4) is 0 Å². The summed E-state index contributed by atoms with van der Waals surface area (Å²) in [6.45, 7) is 7.15. The number of nitrogens with zero attached hydrogens (tertiary/aromatic N) is 1. The Bertz CT molecular complexity index is 512. The van der Waals surface area contributed by atoms with Gasteiger partial charge in [0.05, 0.1) is 0 Å². The van der Waals surface area contributed by atoms with Gasteiger partial charge in [-0.05, 0) is 36.0 Å². The van der Waals surface area contributed by atoms with Crippen LogP contribution in [0.2, 0.25) is 0 Å². The second-order valence-electron chi connectivity index (χ2n) is 7.92. The van der Waals surface area contributed by atoms with Gasteiger partial charge in [0.1, 0.15) is 0 Å². The minimum atomic E-state index is -0.147. The molecule has 5 nitrogen and oxygen atoms in total. The standard InChI is InChI=1S/C17H26N2O3/c1-16(2)11-6-8-17(16,3)12(10-11)18-13(20)7-9-19-14(21)4-5-15(19)22/h11-12H,4-10H2,1-3H3,(H,18,20)/t11-,12+,17-/m0/s1. The Morgan fingerprint density at radius 2 is 1.86 bits per heavy atom. The lowest BCUT2D eigenvalue weighted by atomic mass is 9.69. The van der Waals surface area contributed by atoms with Gasteiger partial charge in [0.25, 0.3) is 0 Å². The fraction of sp³-hybridized carbons (Fsp3) is 0.824. The number of rotatable bonds is 4. The normalized spacial score (nSPS) is 36.2. The van der Waals surface area contributed by atoms with Gasteiger partial charge in [-0.1, -0.05) is 20.8 Å². The van der Waals surface area contributed by atoms with Crippen molar-refractivity contribution < 1.29 is 14.4 Å². The molecule has 0 aromatic carbocycles. The maximum absolute atomic E-state index is 12.2. The van der Waals surface area contributed by atoms with E-state index >= 15 is 0 Å². The molecular weight excluding hydrogens is 280 g/mol. The quantitative estimate of drug-likeness (QED) is 0.806. The Labute approximate surface area is 131 Å². The topological polar surface area (TPSA) is 66.5 Å². The minimum Gasteiger partial charge on any atom is -0.353 e. The second kappa shape index (κ2) is 5.07. The van der Waals surface area contributed by atoms with Crippen molar-refractivity contribution in [2.75, 3.05) is 6.54 Å². The summed E-state index contributed by atoms with van der Waals surface area (Å²) < 4.78 is 0. The van der Waals surface area contributed by atoms with Crippen molar-refractivity contribution in [1.29, 1.82) is 0 Å². The molecule has 2 bridgehead atoms. The number of amides is 3. The monoisotopic (exact) mass is 306 g/mol. The highest BCUT2D eigenvalue weighted by atomic mass is 16.2. The van der Waals surface area contributed by atoms with Crippen LogP contribution < -0.4 is 5.32 Å². The van der Waals surface area contributed by atoms with E-state index in [-0.39, 0.29) is 60.4 Å². The number of likely N-dealkylation sites (tertiary alicyclic amines) is 1. The molecule has 3 fully saturated rings. The number of fused-ring (bicyclic) bond motifs is 2. The fourth-order valence-electron chi connectivity index (χ4n) is 4.77. The molecule has 1 N–H and O–H groups in total. The molecule has 2 saturated carbocycles. The molecule has 5 heteroatoms. The lowest BCUT2D eigenvalue weighted by Crippen LogP contribution is -2.47. The Balaban J connectivity index is 1.55. The third kappa shape index (κ3) is 2.17. The zero-order valence-corrected chi connectivity index (χ0v) is 13.8. The zero-order chi connectivity index (χ0) is 16.1. The fourth-order valence-corrected chi connectivity index (χ4v) is 4.77. The first-order chi connectivity index (χ1) is 10.3. The van der Waals surface area contributed by atoms with E-state index in [1.165, 1.54) is 17.7 Å². The first-order valence-electron chi connectivity index (χ1n) is 8.38. The highest BCUT2D eigenvalue weighted by Crippen LogP contribution is 2.65. The summed E-state index contributed by atoms with van der Waals surface area (Å²) in [6.07, 6.45) is 4.27. The SMILES string of the molecule is CC1(C)[C@H]2CC[C@@]1(C)[C@H](NC(=O)CCN1C(=O)CCC1=O)C2. The van der Waals surface area contributed by atoms with Crippen LogP contribution in [-0.4, -0.2) is 35.2 Å². The Morgan fingerprint density at radius 1 is 1.23 bits per heavy atom. The summed E-state index contributed by atoms with van der Waals surface area (Å²) in [5.41, 5.74) is 0.429. The van der Waals surface area contributed by atoms with Crippen LogP contribution in [0.1, 0.15) is 59.3 Å². The summed E-state index contributed by atoms with van der Waals surface area (Å²) >= 11 is 0. The predicted octanol–water partition coefficient (Wildman–Crippen LogP) is 1.86. The zero-order valence-electron chi connectivity index (χ0n) is 13.8. The third-order valence-electron chi connectivity index (χ3n) is 6.85. The van der Waals surface area contributed by atoms with Crippen LogP contribution in [0, 0.1) is 16.7 Å². The second-order valence-corrected chi connectivity index (χ2v) is 7.92. The number of nitrogens with one attached hydrogen (secondary N) is 1. The molecular formula is C17H26N2O3. The van der Waals surface area contributed by atoms with Gasteiger partial charge >= 0.3 is 0 Å². The molecule has 0 unspecified atom stereocenters. The molecule has 3 amide bonds. The highest BCUT2D eigenvalue weighted by molar-refractivity contribution is 6.02. The number of hydrogen-bond acceptors (Lipinski definition) is 3. The summed E-state index contributed by atoms with van der Waals surface area (Å²) in [5, 5.41) is 3.17. The van der Waals surface area contributed by atoms with Crippen LogP contribution in [0.5, 0.6) is 0 Å². The average Bonchev–Trinajstić information content (AvgIpc) is 2.94. The Hall–Kier alpha value is -1.39. The van der Waals surface area contributed by atoms with Crippen LogP contribution >= 0.6 is 0 Å². The molecule has 3 atom stereocenters. The van der Waals surface area contributed by atoms with Gasteiger partial charge < -0.3 is 5.32 Å². The van der Waals surface area contributed by atoms with Crippen molar-refractivity contribution >= 4 is 17.7 Å². The number of carbonyl (C=O) groups is 3. The molecule has 1 saturated heterocycles. The summed E-state index contributed by atoms with van der Waals surface area (Å²) in [5.74, 6) is 0.350. The predicted molar refractivity (Wildman–Crippen MR) is 81.7 cm³/mol. The van der Waals surface area contributed by atoms with Crippen molar-refractivity contribution in [2.24, 2.45) is 16.7 Å². The molecule has 1 heterocycles. The van der Waals surface area contributed by atoms with Gasteiger partial charge in [-0.25, -0.2) is 0 Å². The minimum absolute atomic E-state index is 0.0397. The number of imide groups is 1. The molecule has 22 heavy (non-hydrogen) atoms. The van der Waals surface area contributed by atoms with Gasteiger partial charge in [0.2, 0.25) is 17.7 Å². The molecule has 0 aromatic heterocycles. The van der Waals surface area contributed by atoms with E-state index < -0.39 is 0 Å². The van der Waals surface area contributed by atoms with Gasteiger partial charge in [0, 0.05) is 31.8 Å². The van der Waals surface area contributed by atoms with Crippen molar-refractivity contribution in [1.82, 2.24) is 10.2 Å². The van der Waals surface area contributed by atoms with Gasteiger partial charge in [-0.3, -0.25) is 19.3 Å². The van der Waals surface area contributed by atoms with Crippen molar-refractivity contribution in [3.63, 3.8) is 0 Å². The van der Waals surface area contributed by atoms with Crippen LogP contribution in [0.4, 0.5) is 0 Å². The molecule has 0 spiro atoms. The van der Waals surface area contributed by atoms with E-state index in [9.17, 15) is 14.4 Å². The molecule has 3 rings (SSSR count). The summed E-state index contributed by atoms with van der Waals surface area (Å²) in [7, 11) is 0. The van der Waals surface area contributed by atoms with Gasteiger partial charge in [-0.2, -0.15) is 0 Å². The lowest BCUT2D eigenvalue weighted by molar-refractivity contribution is -0.138. The third-order valence-corrected chi connectivity index (χ3v) is 6.85. The maximum Gasteiger partial charge on any atom is 0.229 e. The lowest BCUT2D eigenvalue weighted by Gasteiger charge is -2.39. The van der Waals surface area contributed by atoms with Gasteiger partial charge in [0.15, 0.2) is 0 Å². The summed E-state index contributed by atoms with van der Waals surface area (Å²) in [4.78, 5) is 36.6. The molecule has 0 aromatic rings. The molecule has 0 radical (unpaired) electrons. The van der Waals surface area contributed by atoms with Crippen LogP contribution in [-0.2, 0) is 14.4 Å². The summed E-state index contributed by atoms with van der Waals surface area (Å²) in [6, 6.07) is 0.221. The average molecular weight is 306 g/mol. The smallest absolute Gasteiger partial charge is 0.229 e. The van der Waals surface area contributed by atoms with E-state index in [1.54, 1.807) is 0 Å². The molecule has 122 valence electrons. The maximum atomic E-state index is 12.2. The van der Waals surface area contributed by atoms with Crippen molar-refractivity contribution in [3.05, 3.63) is 0 Å². The van der Waals surface area contributed by atoms with Crippen LogP contribution in [0.3, 0.4) is 0 Å². The Morgan fingerprint density at radius 3 is 2.36 bits per heavy atom. The molecule has 3 aliphatic rings. The van der Waals surface area contributed by atoms with E-state index in [0.29, 0.717) is 5.92 Å². The van der Waals surface area contributed by atoms with E-state index in [4.69, 9.17) is 0 Å². The number of hydrogen-bond donors (Lipinski definition) is 1. The highest BCUT2D eigenvalue weighted by Gasteiger charge is 2.61. The van der Waals surface area contributed by atoms with Crippen LogP contribution in [0.25, 0.3) is 0 Å². The van der Waals surface area contributed by atoms with Crippen LogP contribution in [0.15, 0.2) is 0 Å². The number of carbonyl (C=O) groups excluding carboxylic acids is 3.